The van der Waals surface area contributed by atoms with Crippen molar-refractivity contribution in [2.45, 2.75) is 6.92 Å². The van der Waals surface area contributed by atoms with Crippen LogP contribution in [0.2, 0.25) is 5.02 Å². The first-order valence-corrected chi connectivity index (χ1v) is 7.02. The highest BCUT2D eigenvalue weighted by Crippen LogP contribution is 2.18. The van der Waals surface area contributed by atoms with E-state index in [1.807, 2.05) is 6.92 Å². The van der Waals surface area contributed by atoms with Gasteiger partial charge in [-0.15, -0.1) is 12.4 Å². The Morgan fingerprint density at radius 3 is 2.80 bits per heavy atom. The van der Waals surface area contributed by atoms with Crippen LogP contribution >= 0.6 is 24.0 Å². The average molecular weight is 318 g/mol. The molecule has 0 aliphatic carbocycles. The van der Waals surface area contributed by atoms with E-state index in [0.717, 1.165) is 38.3 Å². The number of nitrogens with zero attached hydrogens (tertiary/aromatic N) is 1. The zero-order chi connectivity index (χ0) is 13.7. The Balaban J connectivity index is 0.00000200. The van der Waals surface area contributed by atoms with Crippen LogP contribution in [0.1, 0.15) is 15.9 Å². The van der Waals surface area contributed by atoms with Crippen molar-refractivity contribution in [3.8, 4) is 0 Å². The van der Waals surface area contributed by atoms with Gasteiger partial charge >= 0.3 is 0 Å². The number of hydrogen-bond donors (Lipinski definition) is 2. The Morgan fingerprint density at radius 1 is 1.40 bits per heavy atom. The Hall–Kier alpha value is -0.810. The van der Waals surface area contributed by atoms with Gasteiger partial charge < -0.3 is 10.6 Å². The maximum Gasteiger partial charge on any atom is 0.251 e. The van der Waals surface area contributed by atoms with Crippen molar-refractivity contribution in [1.29, 1.82) is 0 Å². The van der Waals surface area contributed by atoms with E-state index in [9.17, 15) is 4.79 Å². The lowest BCUT2D eigenvalue weighted by Gasteiger charge is -2.27. The van der Waals surface area contributed by atoms with E-state index in [4.69, 9.17) is 11.6 Å². The molecular formula is C14H21Cl2N3O. The maximum atomic E-state index is 12.1. The first-order valence-electron chi connectivity index (χ1n) is 6.65. The van der Waals surface area contributed by atoms with Gasteiger partial charge in [0.25, 0.3) is 5.91 Å². The standard InChI is InChI=1S/C14H20ClN3O.ClH/c1-11-12(3-2-4-13(11)15)14(19)17-7-10-18-8-5-16-6-9-18;/h2-4,16H,5-10H2,1H3,(H,17,19);1H. The maximum absolute atomic E-state index is 12.1. The highest BCUT2D eigenvalue weighted by Gasteiger charge is 2.12. The minimum Gasteiger partial charge on any atom is -0.351 e. The molecule has 1 fully saturated rings. The zero-order valence-electron chi connectivity index (χ0n) is 11.6. The molecule has 1 aromatic rings. The van der Waals surface area contributed by atoms with E-state index in [1.54, 1.807) is 18.2 Å². The smallest absolute Gasteiger partial charge is 0.251 e. The van der Waals surface area contributed by atoms with Crippen LogP contribution < -0.4 is 10.6 Å². The number of amides is 1. The molecule has 6 heteroatoms. The molecule has 0 bridgehead atoms. The van der Waals surface area contributed by atoms with Gasteiger partial charge in [-0.25, -0.2) is 0 Å². The van der Waals surface area contributed by atoms with Gasteiger partial charge in [-0.05, 0) is 24.6 Å². The largest absolute Gasteiger partial charge is 0.351 e. The SMILES string of the molecule is Cc1c(Cl)cccc1C(=O)NCCN1CCNCC1.Cl. The van der Waals surface area contributed by atoms with Crippen LogP contribution in [0.5, 0.6) is 0 Å². The van der Waals surface area contributed by atoms with Crippen molar-refractivity contribution in [3.05, 3.63) is 34.3 Å². The molecular weight excluding hydrogens is 297 g/mol. The summed E-state index contributed by atoms with van der Waals surface area (Å²) in [6, 6.07) is 5.41. The Labute approximate surface area is 131 Å². The topological polar surface area (TPSA) is 44.4 Å². The number of nitrogens with one attached hydrogen (secondary N) is 2. The van der Waals surface area contributed by atoms with Gasteiger partial charge in [0.1, 0.15) is 0 Å². The minimum absolute atomic E-state index is 0. The zero-order valence-corrected chi connectivity index (χ0v) is 13.2. The summed E-state index contributed by atoms with van der Waals surface area (Å²) in [6.07, 6.45) is 0. The summed E-state index contributed by atoms with van der Waals surface area (Å²) in [5.41, 5.74) is 1.50. The van der Waals surface area contributed by atoms with Crippen LogP contribution in [-0.2, 0) is 0 Å². The highest BCUT2D eigenvalue weighted by atomic mass is 35.5. The fraction of sp³-hybridized carbons (Fsp3) is 0.500. The van der Waals surface area contributed by atoms with Crippen molar-refractivity contribution < 1.29 is 4.79 Å². The lowest BCUT2D eigenvalue weighted by molar-refractivity contribution is 0.0946. The lowest BCUT2D eigenvalue weighted by Crippen LogP contribution is -2.46. The normalized spacial score (nSPS) is 15.5. The lowest BCUT2D eigenvalue weighted by atomic mass is 10.1. The fourth-order valence-corrected chi connectivity index (χ4v) is 2.39. The van der Waals surface area contributed by atoms with Gasteiger partial charge in [0.2, 0.25) is 0 Å². The highest BCUT2D eigenvalue weighted by molar-refractivity contribution is 6.31. The summed E-state index contributed by atoms with van der Waals surface area (Å²) in [4.78, 5) is 14.4. The molecule has 20 heavy (non-hydrogen) atoms. The molecule has 1 heterocycles. The van der Waals surface area contributed by atoms with E-state index in [1.165, 1.54) is 0 Å². The summed E-state index contributed by atoms with van der Waals surface area (Å²) in [6.45, 7) is 7.59. The predicted molar refractivity (Wildman–Crippen MR) is 85.1 cm³/mol. The summed E-state index contributed by atoms with van der Waals surface area (Å²) in [7, 11) is 0. The second kappa shape index (κ2) is 8.47. The second-order valence-electron chi connectivity index (χ2n) is 4.76. The minimum atomic E-state index is -0.0462. The molecule has 0 unspecified atom stereocenters. The van der Waals surface area contributed by atoms with Gasteiger partial charge in [-0.2, -0.15) is 0 Å². The van der Waals surface area contributed by atoms with Crippen molar-refractivity contribution in [2.75, 3.05) is 39.3 Å². The molecule has 1 aliphatic heterocycles. The number of rotatable bonds is 4. The molecule has 1 amide bonds. The van der Waals surface area contributed by atoms with Gasteiger partial charge in [0.15, 0.2) is 0 Å². The summed E-state index contributed by atoms with van der Waals surface area (Å²) >= 11 is 6.02. The van der Waals surface area contributed by atoms with Gasteiger partial charge in [0.05, 0.1) is 0 Å². The molecule has 0 saturated carbocycles. The van der Waals surface area contributed by atoms with Crippen molar-refractivity contribution in [2.24, 2.45) is 0 Å². The Bertz CT molecular complexity index is 448. The number of benzene rings is 1. The summed E-state index contributed by atoms with van der Waals surface area (Å²) in [5.74, 6) is -0.0462. The molecule has 4 nitrogen and oxygen atoms in total. The Kier molecular flexibility index (Phi) is 7.30. The third-order valence-electron chi connectivity index (χ3n) is 3.44. The molecule has 112 valence electrons. The number of halogens is 2. The number of carbonyl (C=O) groups excluding carboxylic acids is 1. The predicted octanol–water partition coefficient (Wildman–Crippen LogP) is 1.71. The van der Waals surface area contributed by atoms with E-state index in [-0.39, 0.29) is 18.3 Å². The molecule has 0 aromatic heterocycles. The van der Waals surface area contributed by atoms with E-state index in [2.05, 4.69) is 15.5 Å². The number of piperazine rings is 1. The van der Waals surface area contributed by atoms with Crippen LogP contribution in [0.4, 0.5) is 0 Å². The molecule has 1 saturated heterocycles. The molecule has 0 spiro atoms. The summed E-state index contributed by atoms with van der Waals surface area (Å²) < 4.78 is 0. The van der Waals surface area contributed by atoms with E-state index in [0.29, 0.717) is 17.1 Å². The molecule has 2 N–H and O–H groups in total. The van der Waals surface area contributed by atoms with Gasteiger partial charge in [-0.3, -0.25) is 9.69 Å². The fourth-order valence-electron chi connectivity index (χ4n) is 2.21. The van der Waals surface area contributed by atoms with Crippen molar-refractivity contribution in [1.82, 2.24) is 15.5 Å². The monoisotopic (exact) mass is 317 g/mol. The summed E-state index contributed by atoms with van der Waals surface area (Å²) in [5, 5.41) is 6.90. The molecule has 2 rings (SSSR count). The number of carbonyl (C=O) groups is 1. The quantitative estimate of drug-likeness (QED) is 0.888. The molecule has 1 aromatic carbocycles. The van der Waals surface area contributed by atoms with Gasteiger partial charge in [-0.1, -0.05) is 17.7 Å². The third-order valence-corrected chi connectivity index (χ3v) is 3.84. The van der Waals surface area contributed by atoms with Crippen LogP contribution in [-0.4, -0.2) is 50.1 Å². The van der Waals surface area contributed by atoms with E-state index < -0.39 is 0 Å². The third kappa shape index (κ3) is 4.63. The first kappa shape index (κ1) is 17.2. The van der Waals surface area contributed by atoms with Crippen molar-refractivity contribution >= 4 is 29.9 Å². The Morgan fingerprint density at radius 2 is 2.10 bits per heavy atom. The van der Waals surface area contributed by atoms with Crippen LogP contribution in [0.25, 0.3) is 0 Å². The van der Waals surface area contributed by atoms with Crippen molar-refractivity contribution in [3.63, 3.8) is 0 Å². The van der Waals surface area contributed by atoms with Crippen LogP contribution in [0, 0.1) is 6.92 Å². The molecule has 0 atom stereocenters. The molecule has 0 radical (unpaired) electrons. The first-order chi connectivity index (χ1) is 9.18. The van der Waals surface area contributed by atoms with Crippen LogP contribution in [0.3, 0.4) is 0 Å². The molecule has 1 aliphatic rings. The average Bonchev–Trinajstić information content (AvgIpc) is 2.43. The van der Waals surface area contributed by atoms with E-state index >= 15 is 0 Å². The number of hydrogen-bond acceptors (Lipinski definition) is 3. The van der Waals surface area contributed by atoms with Gasteiger partial charge in [0, 0.05) is 49.9 Å². The second-order valence-corrected chi connectivity index (χ2v) is 5.17. The van der Waals surface area contributed by atoms with Crippen LogP contribution in [0.15, 0.2) is 18.2 Å².